The van der Waals surface area contributed by atoms with Gasteiger partial charge in [0.15, 0.2) is 5.69 Å². The third-order valence-corrected chi connectivity index (χ3v) is 2.14. The molecule has 1 rings (SSSR count). The van der Waals surface area contributed by atoms with Crippen LogP contribution in [0.4, 0.5) is 5.69 Å². The summed E-state index contributed by atoms with van der Waals surface area (Å²) in [6.45, 7) is 3.90. The van der Waals surface area contributed by atoms with Gasteiger partial charge in [-0.25, -0.2) is 4.79 Å². The van der Waals surface area contributed by atoms with Crippen molar-refractivity contribution < 1.29 is 9.53 Å². The van der Waals surface area contributed by atoms with Gasteiger partial charge in [-0.05, 0) is 25.4 Å². The molecule has 1 aromatic rings. The fourth-order valence-electron chi connectivity index (χ4n) is 0.726. The zero-order valence-electron chi connectivity index (χ0n) is 6.96. The predicted molar refractivity (Wildman–Crippen MR) is 47.2 cm³/mol. The van der Waals surface area contributed by atoms with Crippen molar-refractivity contribution in [3.63, 3.8) is 0 Å². The monoisotopic (exact) mass is 186 g/mol. The van der Waals surface area contributed by atoms with Crippen LogP contribution in [0, 0.1) is 6.92 Å². The molecule has 0 saturated heterocycles. The smallest absolute Gasteiger partial charge is 0.360 e. The highest BCUT2D eigenvalue weighted by Gasteiger charge is 2.15. The third kappa shape index (κ3) is 1.55. The summed E-state index contributed by atoms with van der Waals surface area (Å²) in [7, 11) is 0. The number of aromatic nitrogens is 1. The average Bonchev–Trinajstić information content (AvgIpc) is 2.34. The average molecular weight is 186 g/mol. The third-order valence-electron chi connectivity index (χ3n) is 1.38. The fraction of sp³-hybridized carbons (Fsp3) is 0.429. The molecule has 0 saturated carbocycles. The molecule has 0 aliphatic carbocycles. The van der Waals surface area contributed by atoms with Gasteiger partial charge >= 0.3 is 5.97 Å². The minimum Gasteiger partial charge on any atom is -0.461 e. The van der Waals surface area contributed by atoms with E-state index in [1.165, 1.54) is 11.5 Å². The first-order valence-corrected chi connectivity index (χ1v) is 4.33. The highest BCUT2D eigenvalue weighted by Crippen LogP contribution is 2.20. The van der Waals surface area contributed by atoms with Crippen LogP contribution in [0.2, 0.25) is 0 Å². The second kappa shape index (κ2) is 3.53. The van der Waals surface area contributed by atoms with Crippen LogP contribution in [0.25, 0.3) is 0 Å². The first kappa shape index (κ1) is 8.99. The fourth-order valence-corrected chi connectivity index (χ4v) is 1.32. The first-order chi connectivity index (χ1) is 5.66. The molecule has 1 heterocycles. The molecule has 1 aromatic heterocycles. The van der Waals surface area contributed by atoms with Gasteiger partial charge in [-0.2, -0.15) is 4.37 Å². The van der Waals surface area contributed by atoms with Gasteiger partial charge in [0.25, 0.3) is 0 Å². The van der Waals surface area contributed by atoms with E-state index in [-0.39, 0.29) is 5.69 Å². The van der Waals surface area contributed by atoms with E-state index in [1.54, 1.807) is 6.92 Å². The molecular formula is C7H10N2O2S. The van der Waals surface area contributed by atoms with E-state index in [2.05, 4.69) is 4.37 Å². The number of aryl methyl sites for hydroxylation is 1. The van der Waals surface area contributed by atoms with Crippen molar-refractivity contribution in [2.24, 2.45) is 0 Å². The Balaban J connectivity index is 2.88. The minimum atomic E-state index is -0.445. The van der Waals surface area contributed by atoms with E-state index in [4.69, 9.17) is 10.5 Å². The molecule has 0 spiro atoms. The number of rotatable bonds is 2. The van der Waals surface area contributed by atoms with E-state index in [1.807, 2.05) is 6.92 Å². The molecule has 12 heavy (non-hydrogen) atoms. The van der Waals surface area contributed by atoms with Crippen molar-refractivity contribution >= 4 is 23.2 Å². The summed E-state index contributed by atoms with van der Waals surface area (Å²) in [4.78, 5) is 12.0. The van der Waals surface area contributed by atoms with Crippen molar-refractivity contribution in [1.82, 2.24) is 4.37 Å². The zero-order valence-corrected chi connectivity index (χ0v) is 7.77. The summed E-state index contributed by atoms with van der Waals surface area (Å²) >= 11 is 1.21. The largest absolute Gasteiger partial charge is 0.461 e. The van der Waals surface area contributed by atoms with Crippen molar-refractivity contribution in [2.45, 2.75) is 13.8 Å². The molecule has 0 bridgehead atoms. The lowest BCUT2D eigenvalue weighted by atomic mass is 10.3. The van der Waals surface area contributed by atoms with E-state index in [0.29, 0.717) is 12.3 Å². The Morgan fingerprint density at radius 1 is 1.75 bits per heavy atom. The number of anilines is 1. The summed E-state index contributed by atoms with van der Waals surface area (Å²) in [5, 5.41) is 0. The number of esters is 1. The number of hydrogen-bond acceptors (Lipinski definition) is 5. The van der Waals surface area contributed by atoms with E-state index >= 15 is 0 Å². The van der Waals surface area contributed by atoms with Crippen molar-refractivity contribution in [3.05, 3.63) is 10.6 Å². The standard InChI is InChI=1S/C7H10N2O2S/c1-3-11-7(10)6-5(8)4(2)12-9-6/h3,8H2,1-2H3. The second-order valence-electron chi connectivity index (χ2n) is 2.22. The van der Waals surface area contributed by atoms with Crippen LogP contribution in [-0.4, -0.2) is 16.9 Å². The summed E-state index contributed by atoms with van der Waals surface area (Å²) in [6, 6.07) is 0. The topological polar surface area (TPSA) is 65.2 Å². The molecule has 0 aliphatic heterocycles. The van der Waals surface area contributed by atoms with Gasteiger partial charge in [-0.15, -0.1) is 0 Å². The quantitative estimate of drug-likeness (QED) is 0.705. The van der Waals surface area contributed by atoms with Gasteiger partial charge in [0.2, 0.25) is 0 Å². The Kier molecular flexibility index (Phi) is 2.65. The normalized spacial score (nSPS) is 9.83. The SMILES string of the molecule is CCOC(=O)c1nsc(C)c1N. The van der Waals surface area contributed by atoms with Crippen LogP contribution in [-0.2, 0) is 4.74 Å². The van der Waals surface area contributed by atoms with E-state index in [0.717, 1.165) is 4.88 Å². The molecule has 0 radical (unpaired) electrons. The summed E-state index contributed by atoms with van der Waals surface area (Å²) < 4.78 is 8.62. The Morgan fingerprint density at radius 2 is 2.42 bits per heavy atom. The predicted octanol–water partition coefficient (Wildman–Crippen LogP) is 1.21. The summed E-state index contributed by atoms with van der Waals surface area (Å²) in [5.41, 5.74) is 6.25. The number of carbonyl (C=O) groups is 1. The van der Waals surface area contributed by atoms with Crippen LogP contribution < -0.4 is 5.73 Å². The molecule has 0 aromatic carbocycles. The minimum absolute atomic E-state index is 0.236. The van der Waals surface area contributed by atoms with Crippen molar-refractivity contribution in [1.29, 1.82) is 0 Å². The number of ether oxygens (including phenoxy) is 1. The second-order valence-corrected chi connectivity index (χ2v) is 3.20. The zero-order chi connectivity index (χ0) is 9.14. The molecule has 0 unspecified atom stereocenters. The number of nitrogen functional groups attached to an aromatic ring is 1. The molecule has 0 fully saturated rings. The maximum absolute atomic E-state index is 11.1. The van der Waals surface area contributed by atoms with E-state index in [9.17, 15) is 4.79 Å². The van der Waals surface area contributed by atoms with Crippen molar-refractivity contribution in [2.75, 3.05) is 12.3 Å². The molecule has 66 valence electrons. The van der Waals surface area contributed by atoms with E-state index < -0.39 is 5.97 Å². The Bertz CT molecular complexity index is 296. The van der Waals surface area contributed by atoms with Crippen LogP contribution >= 0.6 is 11.5 Å². The molecule has 0 amide bonds. The molecular weight excluding hydrogens is 176 g/mol. The van der Waals surface area contributed by atoms with Gasteiger partial charge in [-0.3, -0.25) is 0 Å². The molecule has 0 atom stereocenters. The molecule has 2 N–H and O–H groups in total. The number of hydrogen-bond donors (Lipinski definition) is 1. The van der Waals surface area contributed by atoms with Gasteiger partial charge in [0, 0.05) is 4.88 Å². The Morgan fingerprint density at radius 3 is 2.83 bits per heavy atom. The molecule has 5 heteroatoms. The van der Waals surface area contributed by atoms with Crippen molar-refractivity contribution in [3.8, 4) is 0 Å². The lowest BCUT2D eigenvalue weighted by molar-refractivity contribution is 0.0522. The highest BCUT2D eigenvalue weighted by atomic mass is 32.1. The van der Waals surface area contributed by atoms with Crippen LogP contribution in [0.5, 0.6) is 0 Å². The van der Waals surface area contributed by atoms with Crippen LogP contribution in [0.3, 0.4) is 0 Å². The maximum atomic E-state index is 11.1. The number of nitrogens with two attached hydrogens (primary N) is 1. The van der Waals surface area contributed by atoms with Gasteiger partial charge in [-0.1, -0.05) is 0 Å². The summed E-state index contributed by atoms with van der Waals surface area (Å²) in [5.74, 6) is -0.445. The maximum Gasteiger partial charge on any atom is 0.360 e. The lowest BCUT2D eigenvalue weighted by Crippen LogP contribution is -2.07. The Labute approximate surface area is 74.5 Å². The Hall–Kier alpha value is -1.10. The highest BCUT2D eigenvalue weighted by molar-refractivity contribution is 7.06. The molecule has 0 aliphatic rings. The van der Waals surface area contributed by atoms with Crippen LogP contribution in [0.15, 0.2) is 0 Å². The number of carbonyl (C=O) groups excluding carboxylic acids is 1. The first-order valence-electron chi connectivity index (χ1n) is 3.55. The molecule has 4 nitrogen and oxygen atoms in total. The van der Waals surface area contributed by atoms with Gasteiger partial charge < -0.3 is 10.5 Å². The number of nitrogens with zero attached hydrogens (tertiary/aromatic N) is 1. The summed E-state index contributed by atoms with van der Waals surface area (Å²) in [6.07, 6.45) is 0. The van der Waals surface area contributed by atoms with Gasteiger partial charge in [0.05, 0.1) is 12.3 Å². The lowest BCUT2D eigenvalue weighted by Gasteiger charge is -1.98. The van der Waals surface area contributed by atoms with Gasteiger partial charge in [0.1, 0.15) is 0 Å². The van der Waals surface area contributed by atoms with Crippen LogP contribution in [0.1, 0.15) is 22.3 Å².